The number of rotatable bonds is 2. The number of hydrogen-bond acceptors (Lipinski definition) is 3. The quantitative estimate of drug-likeness (QED) is 0.754. The average Bonchev–Trinajstić information content (AvgIpc) is 2.81. The van der Waals surface area contributed by atoms with Gasteiger partial charge in [0.2, 0.25) is 5.82 Å². The molecule has 0 aliphatic rings. The second kappa shape index (κ2) is 5.90. The highest BCUT2D eigenvalue weighted by atomic mass is 15.6. The fourth-order valence-electron chi connectivity index (χ4n) is 1.08. The number of tetrazole rings is 1. The summed E-state index contributed by atoms with van der Waals surface area (Å²) in [5, 5.41) is 12.0. The highest BCUT2D eigenvalue weighted by Gasteiger charge is 2.02. The molecular weight excluding hydrogens is 188 g/mol. The van der Waals surface area contributed by atoms with E-state index in [1.807, 2.05) is 51.1 Å². The van der Waals surface area contributed by atoms with Gasteiger partial charge in [0, 0.05) is 5.56 Å². The maximum atomic E-state index is 4.19. The molecule has 0 unspecified atom stereocenters. The summed E-state index contributed by atoms with van der Waals surface area (Å²) in [4.78, 5) is 1.57. The van der Waals surface area contributed by atoms with E-state index in [1.165, 1.54) is 0 Å². The van der Waals surface area contributed by atoms with Crippen molar-refractivity contribution in [2.45, 2.75) is 27.3 Å². The van der Waals surface area contributed by atoms with Crippen molar-refractivity contribution in [2.75, 3.05) is 0 Å². The summed E-state index contributed by atoms with van der Waals surface area (Å²) in [5.41, 5.74) is 1.00. The number of benzene rings is 1. The van der Waals surface area contributed by atoms with Crippen LogP contribution in [0.5, 0.6) is 0 Å². The smallest absolute Gasteiger partial charge is 0.164 e. The average molecular weight is 204 g/mol. The summed E-state index contributed by atoms with van der Waals surface area (Å²) in [6.07, 6.45) is 0. The van der Waals surface area contributed by atoms with Gasteiger partial charge < -0.3 is 0 Å². The van der Waals surface area contributed by atoms with Gasteiger partial charge in [-0.05, 0) is 12.1 Å². The van der Waals surface area contributed by atoms with E-state index in [4.69, 9.17) is 0 Å². The fourth-order valence-corrected chi connectivity index (χ4v) is 1.08. The topological polar surface area (TPSA) is 43.6 Å². The standard InChI is InChI=1S/C9H10N4.C2H6/c1-2-13-11-9(10-12-13)8-6-4-3-5-7-8;1-2/h3-7H,2H2,1H3;1-2H3. The van der Waals surface area contributed by atoms with Gasteiger partial charge in [0.25, 0.3) is 0 Å². The first-order valence-corrected chi connectivity index (χ1v) is 5.23. The molecule has 0 aliphatic heterocycles. The van der Waals surface area contributed by atoms with Gasteiger partial charge in [-0.3, -0.25) is 0 Å². The maximum absolute atomic E-state index is 4.19. The van der Waals surface area contributed by atoms with Crippen LogP contribution in [-0.4, -0.2) is 20.2 Å². The van der Waals surface area contributed by atoms with E-state index in [0.717, 1.165) is 12.1 Å². The number of nitrogens with zero attached hydrogens (tertiary/aromatic N) is 4. The Bertz CT molecular complexity index is 380. The lowest BCUT2D eigenvalue weighted by Gasteiger charge is -1.91. The molecule has 15 heavy (non-hydrogen) atoms. The molecule has 4 heteroatoms. The van der Waals surface area contributed by atoms with Crippen LogP contribution in [0, 0.1) is 0 Å². The van der Waals surface area contributed by atoms with Gasteiger partial charge in [-0.15, -0.1) is 10.2 Å². The molecule has 0 N–H and O–H groups in total. The van der Waals surface area contributed by atoms with Gasteiger partial charge in [-0.2, -0.15) is 4.80 Å². The molecule has 0 spiro atoms. The van der Waals surface area contributed by atoms with Crippen molar-refractivity contribution < 1.29 is 0 Å². The van der Waals surface area contributed by atoms with Gasteiger partial charge in [-0.1, -0.05) is 44.2 Å². The lowest BCUT2D eigenvalue weighted by molar-refractivity contribution is 0.553. The lowest BCUT2D eigenvalue weighted by atomic mass is 10.2. The van der Waals surface area contributed by atoms with Gasteiger partial charge in [-0.25, -0.2) is 0 Å². The summed E-state index contributed by atoms with van der Waals surface area (Å²) in [6, 6.07) is 9.83. The molecule has 0 fully saturated rings. The van der Waals surface area contributed by atoms with Crippen LogP contribution in [0.3, 0.4) is 0 Å². The summed E-state index contributed by atoms with van der Waals surface area (Å²) < 4.78 is 0. The Balaban J connectivity index is 0.000000531. The van der Waals surface area contributed by atoms with Gasteiger partial charge in [0.1, 0.15) is 0 Å². The molecule has 0 aliphatic carbocycles. The first-order valence-electron chi connectivity index (χ1n) is 5.23. The molecular formula is C11H16N4. The molecule has 0 radical (unpaired) electrons. The van der Waals surface area contributed by atoms with Crippen LogP contribution in [-0.2, 0) is 6.54 Å². The molecule has 80 valence electrons. The van der Waals surface area contributed by atoms with Crippen molar-refractivity contribution in [3.05, 3.63) is 30.3 Å². The van der Waals surface area contributed by atoms with E-state index >= 15 is 0 Å². The Hall–Kier alpha value is -1.71. The Morgan fingerprint density at radius 1 is 1.13 bits per heavy atom. The number of hydrogen-bond donors (Lipinski definition) is 0. The normalized spacial score (nSPS) is 9.27. The van der Waals surface area contributed by atoms with Gasteiger partial charge in [0.15, 0.2) is 0 Å². The predicted molar refractivity (Wildman–Crippen MR) is 60.3 cm³/mol. The first-order chi connectivity index (χ1) is 7.40. The van der Waals surface area contributed by atoms with Crippen molar-refractivity contribution >= 4 is 0 Å². The second-order valence-electron chi connectivity index (χ2n) is 2.67. The number of aromatic nitrogens is 4. The molecule has 0 amide bonds. The van der Waals surface area contributed by atoms with Crippen LogP contribution >= 0.6 is 0 Å². The van der Waals surface area contributed by atoms with Crippen molar-refractivity contribution in [2.24, 2.45) is 0 Å². The zero-order valence-corrected chi connectivity index (χ0v) is 9.38. The van der Waals surface area contributed by atoms with Crippen LogP contribution in [0.4, 0.5) is 0 Å². The Morgan fingerprint density at radius 2 is 1.80 bits per heavy atom. The Labute approximate surface area is 89.9 Å². The van der Waals surface area contributed by atoms with E-state index in [9.17, 15) is 0 Å². The van der Waals surface area contributed by atoms with Crippen LogP contribution in [0.15, 0.2) is 30.3 Å². The van der Waals surface area contributed by atoms with Gasteiger partial charge >= 0.3 is 0 Å². The fraction of sp³-hybridized carbons (Fsp3) is 0.364. The molecule has 2 aromatic rings. The predicted octanol–water partition coefficient (Wildman–Crippen LogP) is 2.39. The summed E-state index contributed by atoms with van der Waals surface area (Å²) in [5.74, 6) is 0.683. The van der Waals surface area contributed by atoms with Crippen molar-refractivity contribution in [3.63, 3.8) is 0 Å². The molecule has 0 atom stereocenters. The van der Waals surface area contributed by atoms with E-state index in [-0.39, 0.29) is 0 Å². The monoisotopic (exact) mass is 204 g/mol. The van der Waals surface area contributed by atoms with Crippen LogP contribution in [0.1, 0.15) is 20.8 Å². The zero-order chi connectivity index (χ0) is 11.1. The first kappa shape index (κ1) is 11.4. The zero-order valence-electron chi connectivity index (χ0n) is 9.38. The molecule has 1 heterocycles. The van der Waals surface area contributed by atoms with E-state index < -0.39 is 0 Å². The van der Waals surface area contributed by atoms with E-state index in [2.05, 4.69) is 15.4 Å². The lowest BCUT2D eigenvalue weighted by Crippen LogP contribution is -1.98. The van der Waals surface area contributed by atoms with Crippen LogP contribution < -0.4 is 0 Å². The van der Waals surface area contributed by atoms with E-state index in [1.54, 1.807) is 4.80 Å². The van der Waals surface area contributed by atoms with Gasteiger partial charge in [0.05, 0.1) is 6.54 Å². The van der Waals surface area contributed by atoms with Crippen molar-refractivity contribution in [1.29, 1.82) is 0 Å². The maximum Gasteiger partial charge on any atom is 0.204 e. The van der Waals surface area contributed by atoms with Crippen LogP contribution in [0.25, 0.3) is 11.4 Å². The summed E-state index contributed by atoms with van der Waals surface area (Å²) in [7, 11) is 0. The molecule has 4 nitrogen and oxygen atoms in total. The van der Waals surface area contributed by atoms with Crippen molar-refractivity contribution in [1.82, 2.24) is 20.2 Å². The van der Waals surface area contributed by atoms with Crippen molar-refractivity contribution in [3.8, 4) is 11.4 Å². The molecule has 1 aromatic carbocycles. The van der Waals surface area contributed by atoms with E-state index in [0.29, 0.717) is 5.82 Å². The van der Waals surface area contributed by atoms with Crippen LogP contribution in [0.2, 0.25) is 0 Å². The summed E-state index contributed by atoms with van der Waals surface area (Å²) >= 11 is 0. The minimum atomic E-state index is 0.683. The Kier molecular flexibility index (Phi) is 4.47. The Morgan fingerprint density at radius 3 is 2.33 bits per heavy atom. The second-order valence-corrected chi connectivity index (χ2v) is 2.67. The molecule has 0 bridgehead atoms. The SMILES string of the molecule is CC.CCn1nnc(-c2ccccc2)n1. The highest BCUT2D eigenvalue weighted by Crippen LogP contribution is 2.11. The largest absolute Gasteiger partial charge is 0.204 e. The highest BCUT2D eigenvalue weighted by molar-refractivity contribution is 5.52. The third kappa shape index (κ3) is 2.87. The molecule has 0 saturated heterocycles. The minimum absolute atomic E-state index is 0.683. The third-order valence-electron chi connectivity index (χ3n) is 1.77. The molecule has 2 rings (SSSR count). The summed E-state index contributed by atoms with van der Waals surface area (Å²) in [6.45, 7) is 6.73. The number of aryl methyl sites for hydroxylation is 1. The molecule has 1 aromatic heterocycles. The third-order valence-corrected chi connectivity index (χ3v) is 1.77. The molecule has 0 saturated carbocycles. The minimum Gasteiger partial charge on any atom is -0.164 e.